The summed E-state index contributed by atoms with van der Waals surface area (Å²) in [6, 6.07) is 0.933. The molecule has 0 aromatic heterocycles. The number of hydrogen-bond donors (Lipinski definition) is 0. The fraction of sp³-hybridized carbons (Fsp3) is 1.00. The smallest absolute Gasteiger partial charge is 0.377 e. The molecule has 0 aromatic rings. The van der Waals surface area contributed by atoms with Gasteiger partial charge in [-0.15, -0.1) is 0 Å². The standard InChI is InChI=1S/C11H26O3Si.C9H20O3Si/c1-5-6-7-8-9-10-11-15(12-2,13-3)14-4;1-10-13(11-2,12-3)9-7-5-4-6-8-9/h5-11H2,1-4H3;9H,4-8H2,1-3H3. The Kier molecular flexibility index (Phi) is 17.1. The zero-order valence-corrected chi connectivity index (χ0v) is 21.5. The van der Waals surface area contributed by atoms with Crippen LogP contribution in [0.15, 0.2) is 0 Å². The maximum atomic E-state index is 5.47. The Bertz CT molecular complexity index is 329. The molecule has 1 saturated carbocycles. The van der Waals surface area contributed by atoms with Crippen LogP contribution in [0.1, 0.15) is 77.6 Å². The first-order valence-corrected chi connectivity index (χ1v) is 14.6. The molecule has 1 aliphatic carbocycles. The summed E-state index contributed by atoms with van der Waals surface area (Å²) in [5.41, 5.74) is 0.515. The predicted molar refractivity (Wildman–Crippen MR) is 119 cm³/mol. The minimum atomic E-state index is -2.32. The first kappa shape index (κ1) is 28.2. The van der Waals surface area contributed by atoms with Gasteiger partial charge < -0.3 is 26.6 Å². The van der Waals surface area contributed by atoms with Gasteiger partial charge in [0.2, 0.25) is 0 Å². The SMILES string of the molecule is CCCCCCCC[Si](OC)(OC)OC.CO[Si](OC)(OC)C1CCCCC1. The first-order chi connectivity index (χ1) is 13.5. The van der Waals surface area contributed by atoms with E-state index in [4.69, 9.17) is 26.6 Å². The van der Waals surface area contributed by atoms with Gasteiger partial charge >= 0.3 is 17.6 Å². The van der Waals surface area contributed by atoms with Gasteiger partial charge in [-0.05, 0) is 19.3 Å². The average Bonchev–Trinajstić information content (AvgIpc) is 2.77. The minimum absolute atomic E-state index is 0.515. The largest absolute Gasteiger partial charge is 0.503 e. The van der Waals surface area contributed by atoms with Gasteiger partial charge in [0.15, 0.2) is 0 Å². The van der Waals surface area contributed by atoms with E-state index in [2.05, 4.69) is 6.92 Å². The Labute approximate surface area is 176 Å². The summed E-state index contributed by atoms with van der Waals surface area (Å²) < 4.78 is 32.5. The monoisotopic (exact) mass is 438 g/mol. The van der Waals surface area contributed by atoms with Gasteiger partial charge in [-0.3, -0.25) is 0 Å². The van der Waals surface area contributed by atoms with E-state index in [-0.39, 0.29) is 0 Å². The Morgan fingerprint density at radius 3 is 1.50 bits per heavy atom. The maximum absolute atomic E-state index is 5.47. The molecule has 1 fully saturated rings. The van der Waals surface area contributed by atoms with Gasteiger partial charge in [0, 0.05) is 54.2 Å². The quantitative estimate of drug-likeness (QED) is 0.266. The van der Waals surface area contributed by atoms with Gasteiger partial charge in [0.1, 0.15) is 0 Å². The number of unbranched alkanes of at least 4 members (excludes halogenated alkanes) is 5. The van der Waals surface area contributed by atoms with Crippen LogP contribution in [0.3, 0.4) is 0 Å². The van der Waals surface area contributed by atoms with Gasteiger partial charge in [-0.2, -0.15) is 0 Å². The topological polar surface area (TPSA) is 55.4 Å². The van der Waals surface area contributed by atoms with Crippen LogP contribution in [0.5, 0.6) is 0 Å². The van der Waals surface area contributed by atoms with Crippen LogP contribution in [0.25, 0.3) is 0 Å². The van der Waals surface area contributed by atoms with Crippen molar-refractivity contribution >= 4 is 17.6 Å². The Balaban J connectivity index is 0.000000525. The van der Waals surface area contributed by atoms with E-state index in [0.717, 1.165) is 12.5 Å². The molecule has 0 spiro atoms. The third kappa shape index (κ3) is 9.80. The molecule has 28 heavy (non-hydrogen) atoms. The highest BCUT2D eigenvalue weighted by Gasteiger charge is 2.47. The predicted octanol–water partition coefficient (Wildman–Crippen LogP) is 5.42. The van der Waals surface area contributed by atoms with E-state index in [0.29, 0.717) is 5.54 Å². The van der Waals surface area contributed by atoms with Crippen molar-refractivity contribution in [1.29, 1.82) is 0 Å². The Morgan fingerprint density at radius 2 is 1.07 bits per heavy atom. The average molecular weight is 439 g/mol. The molecule has 1 rings (SSSR count). The van der Waals surface area contributed by atoms with Crippen LogP contribution in [-0.4, -0.2) is 60.3 Å². The van der Waals surface area contributed by atoms with E-state index in [1.807, 2.05) is 0 Å². The van der Waals surface area contributed by atoms with Crippen molar-refractivity contribution in [2.45, 2.75) is 89.1 Å². The van der Waals surface area contributed by atoms with Crippen LogP contribution < -0.4 is 0 Å². The summed E-state index contributed by atoms with van der Waals surface area (Å²) in [5, 5.41) is 0. The zero-order valence-electron chi connectivity index (χ0n) is 19.5. The second kappa shape index (κ2) is 16.9. The van der Waals surface area contributed by atoms with Crippen molar-refractivity contribution in [3.05, 3.63) is 0 Å². The molecule has 0 saturated heterocycles. The zero-order chi connectivity index (χ0) is 21.3. The number of hydrogen-bond acceptors (Lipinski definition) is 6. The first-order valence-electron chi connectivity index (χ1n) is 10.8. The van der Waals surface area contributed by atoms with E-state index in [1.54, 1.807) is 42.7 Å². The fourth-order valence-corrected chi connectivity index (χ4v) is 8.29. The van der Waals surface area contributed by atoms with Gasteiger partial charge in [-0.1, -0.05) is 58.3 Å². The summed E-state index contributed by atoms with van der Waals surface area (Å²) in [7, 11) is 5.53. The molecular formula is C20H46O6Si2. The van der Waals surface area contributed by atoms with Crippen LogP contribution in [0.4, 0.5) is 0 Å². The molecule has 170 valence electrons. The van der Waals surface area contributed by atoms with Gasteiger partial charge in [-0.25, -0.2) is 0 Å². The van der Waals surface area contributed by atoms with Crippen LogP contribution in [0.2, 0.25) is 11.6 Å². The van der Waals surface area contributed by atoms with Gasteiger partial charge in [0.25, 0.3) is 0 Å². The van der Waals surface area contributed by atoms with E-state index in [1.165, 1.54) is 64.2 Å². The Morgan fingerprint density at radius 1 is 0.607 bits per heavy atom. The maximum Gasteiger partial charge on any atom is 0.503 e. The highest BCUT2D eigenvalue weighted by Crippen LogP contribution is 2.37. The lowest BCUT2D eigenvalue weighted by molar-refractivity contribution is 0.104. The summed E-state index contributed by atoms with van der Waals surface area (Å²) in [6.07, 6.45) is 14.0. The summed E-state index contributed by atoms with van der Waals surface area (Å²) in [4.78, 5) is 0. The summed E-state index contributed by atoms with van der Waals surface area (Å²) >= 11 is 0. The lowest BCUT2D eigenvalue weighted by Crippen LogP contribution is -2.48. The van der Waals surface area contributed by atoms with Crippen molar-refractivity contribution in [2.24, 2.45) is 0 Å². The lowest BCUT2D eigenvalue weighted by atomic mass is 10.0. The molecule has 6 nitrogen and oxygen atoms in total. The summed E-state index contributed by atoms with van der Waals surface area (Å²) in [5.74, 6) is 0. The molecule has 0 bridgehead atoms. The van der Waals surface area contributed by atoms with E-state index < -0.39 is 17.6 Å². The van der Waals surface area contributed by atoms with Crippen molar-refractivity contribution in [2.75, 3.05) is 42.7 Å². The third-order valence-electron chi connectivity index (χ3n) is 5.73. The molecule has 8 heteroatoms. The molecule has 0 radical (unpaired) electrons. The van der Waals surface area contributed by atoms with Crippen molar-refractivity contribution < 1.29 is 26.6 Å². The lowest BCUT2D eigenvalue weighted by Gasteiger charge is -2.34. The normalized spacial score (nSPS) is 16.0. The van der Waals surface area contributed by atoms with Crippen LogP contribution >= 0.6 is 0 Å². The number of rotatable bonds is 14. The van der Waals surface area contributed by atoms with Crippen LogP contribution in [0, 0.1) is 0 Å². The Hall–Kier alpha value is 0.194. The molecule has 0 atom stereocenters. The molecule has 0 aliphatic heterocycles. The molecular weight excluding hydrogens is 392 g/mol. The second-order valence-corrected chi connectivity index (χ2v) is 13.7. The molecule has 1 aliphatic rings. The summed E-state index contributed by atoms with van der Waals surface area (Å²) in [6.45, 7) is 2.23. The molecule has 0 aromatic carbocycles. The highest BCUT2D eigenvalue weighted by molar-refractivity contribution is 6.62. The molecule has 0 unspecified atom stereocenters. The molecule has 0 amide bonds. The highest BCUT2D eigenvalue weighted by atomic mass is 28.4. The van der Waals surface area contributed by atoms with E-state index >= 15 is 0 Å². The fourth-order valence-electron chi connectivity index (χ4n) is 3.88. The van der Waals surface area contributed by atoms with Gasteiger partial charge in [0.05, 0.1) is 0 Å². The van der Waals surface area contributed by atoms with Crippen molar-refractivity contribution in [1.82, 2.24) is 0 Å². The minimum Gasteiger partial charge on any atom is -0.377 e. The van der Waals surface area contributed by atoms with E-state index in [9.17, 15) is 0 Å². The molecule has 0 heterocycles. The van der Waals surface area contributed by atoms with Crippen molar-refractivity contribution in [3.63, 3.8) is 0 Å². The third-order valence-corrected chi connectivity index (χ3v) is 11.8. The van der Waals surface area contributed by atoms with Crippen molar-refractivity contribution in [3.8, 4) is 0 Å². The van der Waals surface area contributed by atoms with Crippen LogP contribution in [-0.2, 0) is 26.6 Å². The molecule has 0 N–H and O–H groups in total. The second-order valence-electron chi connectivity index (χ2n) is 7.36.